The van der Waals surface area contributed by atoms with Crippen molar-refractivity contribution < 1.29 is 23.4 Å². The van der Waals surface area contributed by atoms with Crippen LogP contribution >= 0.6 is 0 Å². The van der Waals surface area contributed by atoms with Crippen LogP contribution in [-0.4, -0.2) is 29.3 Å². The molecule has 158 valence electrons. The van der Waals surface area contributed by atoms with Crippen molar-refractivity contribution in [2.24, 2.45) is 0 Å². The lowest BCUT2D eigenvalue weighted by Crippen LogP contribution is -2.33. The Labute approximate surface area is 181 Å². The molecule has 5 rings (SSSR count). The molecule has 0 unspecified atom stereocenters. The summed E-state index contributed by atoms with van der Waals surface area (Å²) in [4.78, 5) is 4.52. The van der Waals surface area contributed by atoms with Crippen molar-refractivity contribution in [3.05, 3.63) is 89.6 Å². The Hall–Kier alpha value is -2.95. The second-order valence-electron chi connectivity index (χ2n) is 7.98. The van der Waals surface area contributed by atoms with Crippen LogP contribution in [0.2, 0.25) is 0 Å². The maximum absolute atomic E-state index is 6.25. The van der Waals surface area contributed by atoms with Gasteiger partial charge in [-0.25, -0.2) is 4.98 Å². The second kappa shape index (κ2) is 8.29. The van der Waals surface area contributed by atoms with E-state index in [4.69, 9.17) is 23.4 Å². The summed E-state index contributed by atoms with van der Waals surface area (Å²) in [7, 11) is 0. The number of ether oxygens (including phenoxy) is 4. The van der Waals surface area contributed by atoms with E-state index >= 15 is 0 Å². The molecule has 6 heteroatoms. The van der Waals surface area contributed by atoms with E-state index in [1.807, 2.05) is 74.5 Å². The van der Waals surface area contributed by atoms with Crippen LogP contribution in [-0.2, 0) is 25.6 Å². The average molecular weight is 417 g/mol. The van der Waals surface area contributed by atoms with Gasteiger partial charge in [0, 0.05) is 5.56 Å². The van der Waals surface area contributed by atoms with Gasteiger partial charge in [-0.1, -0.05) is 54.5 Å². The Kier molecular flexibility index (Phi) is 5.34. The third-order valence-corrected chi connectivity index (χ3v) is 5.18. The van der Waals surface area contributed by atoms with Gasteiger partial charge in [0.05, 0.1) is 6.61 Å². The number of hydrogen-bond acceptors (Lipinski definition) is 6. The molecule has 31 heavy (non-hydrogen) atoms. The highest BCUT2D eigenvalue weighted by Gasteiger charge is 2.56. The molecule has 2 saturated heterocycles. The maximum Gasteiger partial charge on any atom is 0.273 e. The van der Waals surface area contributed by atoms with Crippen LogP contribution in [0.1, 0.15) is 42.7 Å². The summed E-state index contributed by atoms with van der Waals surface area (Å²) in [5.41, 5.74) is 2.56. The quantitative estimate of drug-likeness (QED) is 0.593. The second-order valence-corrected chi connectivity index (χ2v) is 7.98. The summed E-state index contributed by atoms with van der Waals surface area (Å²) in [6.45, 7) is 4.16. The highest BCUT2D eigenvalue weighted by Crippen LogP contribution is 2.44. The van der Waals surface area contributed by atoms with Gasteiger partial charge in [-0.3, -0.25) is 0 Å². The van der Waals surface area contributed by atoms with E-state index in [-0.39, 0.29) is 6.10 Å². The first-order valence-electron chi connectivity index (χ1n) is 10.3. The fraction of sp³-hybridized carbons (Fsp3) is 0.320. The molecule has 4 atom stereocenters. The van der Waals surface area contributed by atoms with E-state index in [1.165, 1.54) is 0 Å². The molecule has 2 fully saturated rings. The van der Waals surface area contributed by atoms with Crippen molar-refractivity contribution in [3.8, 4) is 11.8 Å². The van der Waals surface area contributed by atoms with Crippen LogP contribution in [0.25, 0.3) is 0 Å². The lowest BCUT2D eigenvalue weighted by atomic mass is 10.1. The summed E-state index contributed by atoms with van der Waals surface area (Å²) < 4.78 is 30.0. The molecule has 2 aromatic carbocycles. The minimum Gasteiger partial charge on any atom is -0.438 e. The molecule has 1 aromatic heterocycles. The van der Waals surface area contributed by atoms with Crippen molar-refractivity contribution in [3.63, 3.8) is 0 Å². The lowest BCUT2D eigenvalue weighted by molar-refractivity contribution is -0.220. The first kappa shape index (κ1) is 20.0. The fourth-order valence-electron chi connectivity index (χ4n) is 3.79. The molecule has 3 heterocycles. The van der Waals surface area contributed by atoms with Crippen molar-refractivity contribution in [2.75, 3.05) is 0 Å². The van der Waals surface area contributed by atoms with Crippen LogP contribution in [0.3, 0.4) is 0 Å². The summed E-state index contributed by atoms with van der Waals surface area (Å²) in [5.74, 6) is 5.59. The summed E-state index contributed by atoms with van der Waals surface area (Å²) in [5, 5.41) is 0. The van der Waals surface area contributed by atoms with Gasteiger partial charge in [0.25, 0.3) is 5.89 Å². The zero-order valence-corrected chi connectivity index (χ0v) is 17.4. The van der Waals surface area contributed by atoms with E-state index in [0.29, 0.717) is 18.2 Å². The Morgan fingerprint density at radius 1 is 0.968 bits per heavy atom. The van der Waals surface area contributed by atoms with E-state index < -0.39 is 24.3 Å². The number of benzene rings is 2. The monoisotopic (exact) mass is 417 g/mol. The van der Waals surface area contributed by atoms with E-state index in [2.05, 4.69) is 16.8 Å². The van der Waals surface area contributed by atoms with Gasteiger partial charge in [-0.15, -0.1) is 0 Å². The SMILES string of the molecule is CC1(C)O[C@H]2O[C@H](c3coc(C#Cc4ccccc4)n3)[C@H](OCc3ccccc3)[C@H]2O1. The average Bonchev–Trinajstić information content (AvgIpc) is 3.44. The molecular weight excluding hydrogens is 394 g/mol. The largest absolute Gasteiger partial charge is 0.438 e. The third kappa shape index (κ3) is 4.41. The molecule has 3 aromatic rings. The molecule has 6 nitrogen and oxygen atoms in total. The van der Waals surface area contributed by atoms with Gasteiger partial charge in [0.2, 0.25) is 0 Å². The third-order valence-electron chi connectivity index (χ3n) is 5.18. The van der Waals surface area contributed by atoms with Crippen LogP contribution in [0, 0.1) is 11.8 Å². The van der Waals surface area contributed by atoms with Crippen molar-refractivity contribution in [2.45, 2.75) is 50.8 Å². The number of aromatic nitrogens is 1. The minimum atomic E-state index is -0.731. The van der Waals surface area contributed by atoms with Crippen molar-refractivity contribution >= 4 is 0 Å². The van der Waals surface area contributed by atoms with Crippen LogP contribution in [0.5, 0.6) is 0 Å². The summed E-state index contributed by atoms with van der Waals surface area (Å²) in [6, 6.07) is 19.7. The van der Waals surface area contributed by atoms with E-state index in [0.717, 1.165) is 11.1 Å². The molecule has 0 spiro atoms. The van der Waals surface area contributed by atoms with Gasteiger partial charge < -0.3 is 23.4 Å². The molecule has 0 N–H and O–H groups in total. The van der Waals surface area contributed by atoms with Crippen LogP contribution in [0.4, 0.5) is 0 Å². The minimum absolute atomic E-state index is 0.323. The Bertz CT molecular complexity index is 1080. The maximum atomic E-state index is 6.25. The van der Waals surface area contributed by atoms with Gasteiger partial charge in [0.15, 0.2) is 12.1 Å². The predicted molar refractivity (Wildman–Crippen MR) is 112 cm³/mol. The van der Waals surface area contributed by atoms with Crippen molar-refractivity contribution in [1.82, 2.24) is 4.98 Å². The zero-order chi connectivity index (χ0) is 21.3. The van der Waals surface area contributed by atoms with Crippen molar-refractivity contribution in [1.29, 1.82) is 0 Å². The first-order chi connectivity index (χ1) is 15.1. The Balaban J connectivity index is 1.36. The number of rotatable bonds is 4. The molecule has 0 bridgehead atoms. The van der Waals surface area contributed by atoms with E-state index in [1.54, 1.807) is 6.26 Å². The van der Waals surface area contributed by atoms with Crippen LogP contribution < -0.4 is 0 Å². The molecule has 0 saturated carbocycles. The highest BCUT2D eigenvalue weighted by atomic mass is 16.8. The predicted octanol–water partition coefficient (Wildman–Crippen LogP) is 4.21. The first-order valence-corrected chi connectivity index (χ1v) is 10.3. The number of fused-ring (bicyclic) bond motifs is 1. The Morgan fingerprint density at radius 2 is 1.71 bits per heavy atom. The van der Waals surface area contributed by atoms with Gasteiger partial charge in [-0.2, -0.15) is 0 Å². The number of oxazole rings is 1. The summed E-state index contributed by atoms with van der Waals surface area (Å²) in [6.07, 6.45) is -0.210. The standard InChI is InChI=1S/C25H23NO5/c1-25(2)30-23-22(28-15-18-11-7-4-8-12-18)21(29-24(23)31-25)19-16-27-20(26-19)14-13-17-9-5-3-6-10-17/h3-12,16,21-24H,15H2,1-2H3/t21-,22+,23-,24-/m1/s1. The number of nitrogens with zero attached hydrogens (tertiary/aromatic N) is 1. The highest BCUT2D eigenvalue weighted by molar-refractivity contribution is 5.37. The summed E-state index contributed by atoms with van der Waals surface area (Å²) >= 11 is 0. The molecule has 2 aliphatic rings. The van der Waals surface area contributed by atoms with Gasteiger partial charge >= 0.3 is 0 Å². The molecule has 0 aliphatic carbocycles. The number of hydrogen-bond donors (Lipinski definition) is 0. The van der Waals surface area contributed by atoms with Gasteiger partial charge in [0.1, 0.15) is 30.3 Å². The molecular formula is C25H23NO5. The van der Waals surface area contributed by atoms with E-state index in [9.17, 15) is 0 Å². The van der Waals surface area contributed by atoms with Gasteiger partial charge in [-0.05, 0) is 37.5 Å². The normalized spacial score (nSPS) is 26.3. The molecule has 2 aliphatic heterocycles. The zero-order valence-electron chi connectivity index (χ0n) is 17.4. The molecule has 0 radical (unpaired) electrons. The lowest BCUT2D eigenvalue weighted by Gasteiger charge is -2.25. The topological polar surface area (TPSA) is 63.0 Å². The van der Waals surface area contributed by atoms with Crippen LogP contribution in [0.15, 0.2) is 71.3 Å². The fourth-order valence-corrected chi connectivity index (χ4v) is 3.79. The smallest absolute Gasteiger partial charge is 0.273 e. The molecule has 0 amide bonds. The Morgan fingerprint density at radius 3 is 2.48 bits per heavy atom.